The van der Waals surface area contributed by atoms with Gasteiger partial charge in [-0.2, -0.15) is 0 Å². The normalized spacial score (nSPS) is 14.2. The first-order valence-electron chi connectivity index (χ1n) is 7.87. The zero-order valence-corrected chi connectivity index (χ0v) is 13.6. The van der Waals surface area contributed by atoms with Gasteiger partial charge in [-0.25, -0.2) is 4.98 Å². The van der Waals surface area contributed by atoms with E-state index in [1.807, 2.05) is 31.2 Å². The lowest BCUT2D eigenvalue weighted by molar-refractivity contribution is 0.100. The first kappa shape index (κ1) is 15.1. The highest BCUT2D eigenvalue weighted by Gasteiger charge is 2.23. The van der Waals surface area contributed by atoms with Crippen LogP contribution in [0.1, 0.15) is 27.3 Å². The molecule has 25 heavy (non-hydrogen) atoms. The molecule has 2 heterocycles. The van der Waals surface area contributed by atoms with E-state index in [4.69, 9.17) is 5.73 Å². The second kappa shape index (κ2) is 5.59. The van der Waals surface area contributed by atoms with Crippen LogP contribution >= 0.6 is 0 Å². The van der Waals surface area contributed by atoms with Gasteiger partial charge in [0.1, 0.15) is 17.3 Å². The standard InChI is InChI=1S/C19H16N4O2/c1-10-2-4-11(5-3-10)16-17(24)13(9-21-16)19-22-14-7-6-12(18(20)25)8-15(14)23-19/h2-8,24H,9H2,1H3,(H2,20,25)(H,22,23). The monoisotopic (exact) mass is 332 g/mol. The molecule has 6 nitrogen and oxygen atoms in total. The van der Waals surface area contributed by atoms with Crippen LogP contribution in [0.15, 0.2) is 53.2 Å². The van der Waals surface area contributed by atoms with Crippen molar-refractivity contribution >= 4 is 28.2 Å². The van der Waals surface area contributed by atoms with Gasteiger partial charge in [0.25, 0.3) is 0 Å². The quantitative estimate of drug-likeness (QED) is 0.687. The molecule has 0 bridgehead atoms. The zero-order chi connectivity index (χ0) is 17.6. The lowest BCUT2D eigenvalue weighted by atomic mass is 10.1. The minimum Gasteiger partial charge on any atom is -0.505 e. The number of nitrogens with two attached hydrogens (primary N) is 1. The number of aliphatic hydroxyl groups is 1. The third-order valence-corrected chi connectivity index (χ3v) is 4.28. The Labute approximate surface area is 143 Å². The average Bonchev–Trinajstić information content (AvgIpc) is 3.18. The number of aryl methyl sites for hydroxylation is 1. The number of nitrogens with zero attached hydrogens (tertiary/aromatic N) is 2. The number of amides is 1. The first-order valence-corrected chi connectivity index (χ1v) is 7.87. The number of aliphatic imine (C=N–C) groups is 1. The molecule has 0 atom stereocenters. The molecule has 0 fully saturated rings. The maximum atomic E-state index is 11.3. The van der Waals surface area contributed by atoms with E-state index >= 15 is 0 Å². The summed E-state index contributed by atoms with van der Waals surface area (Å²) in [6.45, 7) is 2.35. The van der Waals surface area contributed by atoms with Gasteiger partial charge in [0.15, 0.2) is 0 Å². The van der Waals surface area contributed by atoms with Crippen molar-refractivity contribution in [3.63, 3.8) is 0 Å². The summed E-state index contributed by atoms with van der Waals surface area (Å²) in [5, 5.41) is 10.6. The number of aromatic nitrogens is 2. The lowest BCUT2D eigenvalue weighted by Gasteiger charge is -2.03. The van der Waals surface area contributed by atoms with Crippen LogP contribution in [0.4, 0.5) is 0 Å². The Balaban J connectivity index is 1.73. The van der Waals surface area contributed by atoms with Crippen LogP contribution < -0.4 is 5.73 Å². The van der Waals surface area contributed by atoms with Gasteiger partial charge in [0, 0.05) is 11.1 Å². The predicted octanol–water partition coefficient (Wildman–Crippen LogP) is 2.74. The summed E-state index contributed by atoms with van der Waals surface area (Å²) in [7, 11) is 0. The fraction of sp³-hybridized carbons (Fsp3) is 0.105. The van der Waals surface area contributed by atoms with Gasteiger partial charge in [-0.05, 0) is 25.1 Å². The first-order chi connectivity index (χ1) is 12.0. The van der Waals surface area contributed by atoms with Crippen molar-refractivity contribution in [2.24, 2.45) is 10.7 Å². The molecule has 3 aromatic rings. The van der Waals surface area contributed by atoms with Crippen LogP contribution in [0.25, 0.3) is 16.6 Å². The van der Waals surface area contributed by atoms with Gasteiger partial charge in [-0.1, -0.05) is 29.8 Å². The average molecular weight is 332 g/mol. The highest BCUT2D eigenvalue weighted by Crippen LogP contribution is 2.27. The van der Waals surface area contributed by atoms with E-state index in [0.717, 1.165) is 11.1 Å². The molecule has 2 aromatic carbocycles. The molecular formula is C19H16N4O2. The van der Waals surface area contributed by atoms with Gasteiger partial charge in [0.05, 0.1) is 23.2 Å². The van der Waals surface area contributed by atoms with Crippen molar-refractivity contribution in [1.82, 2.24) is 9.97 Å². The molecule has 0 saturated carbocycles. The van der Waals surface area contributed by atoms with Gasteiger partial charge < -0.3 is 15.8 Å². The molecule has 4 rings (SSSR count). The van der Waals surface area contributed by atoms with E-state index in [9.17, 15) is 9.90 Å². The second-order valence-corrected chi connectivity index (χ2v) is 6.04. The fourth-order valence-electron chi connectivity index (χ4n) is 2.88. The minimum atomic E-state index is -0.494. The number of aromatic amines is 1. The van der Waals surface area contributed by atoms with Crippen LogP contribution in [0.3, 0.4) is 0 Å². The maximum absolute atomic E-state index is 11.3. The SMILES string of the molecule is Cc1ccc(C2=NCC(c3nc4ccc(C(N)=O)cc4[nH]3)=C2O)cc1. The fourth-order valence-corrected chi connectivity index (χ4v) is 2.88. The number of H-pyrrole nitrogens is 1. The van der Waals surface area contributed by atoms with Gasteiger partial charge in [-0.15, -0.1) is 0 Å². The Morgan fingerprint density at radius 3 is 2.68 bits per heavy atom. The lowest BCUT2D eigenvalue weighted by Crippen LogP contribution is -2.10. The number of fused-ring (bicyclic) bond motifs is 1. The minimum absolute atomic E-state index is 0.123. The van der Waals surface area contributed by atoms with E-state index in [0.29, 0.717) is 40.3 Å². The predicted molar refractivity (Wildman–Crippen MR) is 96.7 cm³/mol. The molecule has 1 aliphatic heterocycles. The molecule has 1 aromatic heterocycles. The number of imidazole rings is 1. The zero-order valence-electron chi connectivity index (χ0n) is 13.6. The molecule has 1 amide bonds. The van der Waals surface area contributed by atoms with Gasteiger partial charge in [0.2, 0.25) is 5.91 Å². The van der Waals surface area contributed by atoms with Crippen LogP contribution in [0, 0.1) is 6.92 Å². The third-order valence-electron chi connectivity index (χ3n) is 4.28. The van der Waals surface area contributed by atoms with E-state index in [1.54, 1.807) is 18.2 Å². The molecule has 0 radical (unpaired) electrons. The summed E-state index contributed by atoms with van der Waals surface area (Å²) >= 11 is 0. The van der Waals surface area contributed by atoms with Crippen molar-refractivity contribution < 1.29 is 9.90 Å². The Hall–Kier alpha value is -3.41. The Kier molecular flexibility index (Phi) is 3.39. The summed E-state index contributed by atoms with van der Waals surface area (Å²) < 4.78 is 0. The maximum Gasteiger partial charge on any atom is 0.248 e. The van der Waals surface area contributed by atoms with Crippen molar-refractivity contribution in [2.75, 3.05) is 6.54 Å². The Morgan fingerprint density at radius 2 is 1.96 bits per heavy atom. The molecule has 0 saturated heterocycles. The Bertz CT molecular complexity index is 1060. The van der Waals surface area contributed by atoms with Crippen LogP contribution in [-0.4, -0.2) is 33.2 Å². The van der Waals surface area contributed by atoms with E-state index in [1.165, 1.54) is 0 Å². The highest BCUT2D eigenvalue weighted by molar-refractivity contribution is 6.17. The molecule has 1 aliphatic rings. The topological polar surface area (TPSA) is 104 Å². The molecule has 124 valence electrons. The molecule has 4 N–H and O–H groups in total. The molecule has 0 spiro atoms. The molecule has 6 heteroatoms. The summed E-state index contributed by atoms with van der Waals surface area (Å²) in [5.41, 5.74) is 10.3. The van der Waals surface area contributed by atoms with E-state index in [2.05, 4.69) is 15.0 Å². The third kappa shape index (κ3) is 2.57. The van der Waals surface area contributed by atoms with E-state index < -0.39 is 5.91 Å². The molecular weight excluding hydrogens is 316 g/mol. The summed E-state index contributed by atoms with van der Waals surface area (Å²) in [4.78, 5) is 23.4. The van der Waals surface area contributed by atoms with Crippen molar-refractivity contribution in [1.29, 1.82) is 0 Å². The van der Waals surface area contributed by atoms with E-state index in [-0.39, 0.29) is 5.76 Å². The number of nitrogens with one attached hydrogen (secondary N) is 1. The number of primary amides is 1. The molecule has 0 unspecified atom stereocenters. The number of allylic oxidation sites excluding steroid dienone is 1. The number of aliphatic hydroxyl groups excluding tert-OH is 1. The number of carbonyl (C=O) groups is 1. The number of carbonyl (C=O) groups excluding carboxylic acids is 1. The number of hydrogen-bond acceptors (Lipinski definition) is 4. The Morgan fingerprint density at radius 1 is 1.20 bits per heavy atom. The molecule has 0 aliphatic carbocycles. The largest absolute Gasteiger partial charge is 0.505 e. The number of hydrogen-bond donors (Lipinski definition) is 3. The smallest absolute Gasteiger partial charge is 0.248 e. The summed E-state index contributed by atoms with van der Waals surface area (Å²) in [6.07, 6.45) is 0. The summed E-state index contributed by atoms with van der Waals surface area (Å²) in [6, 6.07) is 12.8. The van der Waals surface area contributed by atoms with Crippen molar-refractivity contribution in [3.8, 4) is 0 Å². The van der Waals surface area contributed by atoms with Crippen molar-refractivity contribution in [2.45, 2.75) is 6.92 Å². The van der Waals surface area contributed by atoms with Crippen LogP contribution in [0.2, 0.25) is 0 Å². The highest BCUT2D eigenvalue weighted by atomic mass is 16.3. The number of benzene rings is 2. The van der Waals surface area contributed by atoms with Crippen LogP contribution in [-0.2, 0) is 0 Å². The second-order valence-electron chi connectivity index (χ2n) is 6.04. The van der Waals surface area contributed by atoms with Crippen LogP contribution in [0.5, 0.6) is 0 Å². The van der Waals surface area contributed by atoms with Gasteiger partial charge >= 0.3 is 0 Å². The van der Waals surface area contributed by atoms with Gasteiger partial charge in [-0.3, -0.25) is 9.79 Å². The summed E-state index contributed by atoms with van der Waals surface area (Å²) in [5.74, 6) is 0.170. The number of rotatable bonds is 3. The van der Waals surface area contributed by atoms with Crippen molar-refractivity contribution in [3.05, 3.63) is 70.7 Å².